The number of hydrogen-bond donors (Lipinski definition) is 3. The van der Waals surface area contributed by atoms with Crippen LogP contribution >= 0.6 is 0 Å². The third-order valence-electron chi connectivity index (χ3n) is 7.04. The van der Waals surface area contributed by atoms with E-state index in [0.29, 0.717) is 6.54 Å². The molecule has 0 saturated carbocycles. The van der Waals surface area contributed by atoms with E-state index in [1.54, 1.807) is 0 Å². The van der Waals surface area contributed by atoms with E-state index in [-0.39, 0.29) is 56.1 Å². The van der Waals surface area contributed by atoms with Crippen LogP contribution in [-0.4, -0.2) is 55.8 Å². The van der Waals surface area contributed by atoms with Gasteiger partial charge in [0, 0.05) is 26.8 Å². The normalized spacial score (nSPS) is 19.9. The zero-order chi connectivity index (χ0) is 22.6. The van der Waals surface area contributed by atoms with Gasteiger partial charge >= 0.3 is 11.9 Å². The maximum Gasteiger partial charge on any atom is 0.304 e. The first-order valence-corrected chi connectivity index (χ1v) is 17.9. The average Bonchev–Trinajstić information content (AvgIpc) is 2.67. The van der Waals surface area contributed by atoms with Gasteiger partial charge in [-0.1, -0.05) is 81.8 Å². The number of nitriles is 1. The van der Waals surface area contributed by atoms with E-state index < -0.39 is 28.1 Å². The second-order valence-corrected chi connectivity index (χ2v) is 20.3. The number of aliphatic carboxylic acids is 2. The van der Waals surface area contributed by atoms with Crippen LogP contribution in [0.3, 0.4) is 0 Å². The Kier molecular flexibility index (Phi) is 20.9. The van der Waals surface area contributed by atoms with Gasteiger partial charge in [0.15, 0.2) is 0 Å². The van der Waals surface area contributed by atoms with Crippen LogP contribution in [0.5, 0.6) is 0 Å². The summed E-state index contributed by atoms with van der Waals surface area (Å²) in [6.45, 7) is 5.30. The Morgan fingerprint density at radius 2 is 1.24 bits per heavy atom. The first-order valence-electron chi connectivity index (χ1n) is 11.6. The Bertz CT molecular complexity index is 594. The molecule has 0 aliphatic carbocycles. The molecule has 0 radical (unpaired) electrons. The summed E-state index contributed by atoms with van der Waals surface area (Å²) < 4.78 is 0. The Labute approximate surface area is 215 Å². The zero-order valence-electron chi connectivity index (χ0n) is 20.3. The molecular weight excluding hydrogens is 551 g/mol. The molecule has 2 rings (SSSR count). The summed E-state index contributed by atoms with van der Waals surface area (Å²) in [5.74, 6) is -1.57. The fourth-order valence-corrected chi connectivity index (χ4v) is 14.2. The molecular formula is C22H46N2O6PdSi2. The minimum Gasteiger partial charge on any atom is -0.481 e. The van der Waals surface area contributed by atoms with Gasteiger partial charge in [0.05, 0.1) is 34.6 Å². The quantitative estimate of drug-likeness (QED) is 0.341. The van der Waals surface area contributed by atoms with Gasteiger partial charge in [-0.3, -0.25) is 9.59 Å². The molecule has 2 fully saturated rings. The molecule has 2 heterocycles. The molecule has 0 amide bonds. The van der Waals surface area contributed by atoms with Crippen molar-refractivity contribution in [1.82, 2.24) is 0 Å². The summed E-state index contributed by atoms with van der Waals surface area (Å²) in [4.78, 5) is 21.3. The van der Waals surface area contributed by atoms with Crippen LogP contribution in [-0.2, 0) is 30.0 Å². The van der Waals surface area contributed by atoms with Crippen molar-refractivity contribution in [3.8, 4) is 6.07 Å². The first-order chi connectivity index (χ1) is 14.1. The SMILES string of the molecule is C[Si]1(CC(C#N)CC(=O)O)CCCCC1.C[Si]1(CC(CN)CC(=O)O)CCCCC1.O.O.[Pd]. The van der Waals surface area contributed by atoms with Gasteiger partial charge in [0.2, 0.25) is 0 Å². The van der Waals surface area contributed by atoms with Gasteiger partial charge in [0.1, 0.15) is 0 Å². The first kappa shape index (κ1) is 37.0. The standard InChI is InChI=1S/C11H23NO2Si.C11H19NO2Si.2H2O.Pd/c2*1-15(5-3-2-4-6-15)9-10(8-12)7-11(13)14;;;/h10H,2-9,12H2,1H3,(H,13,14);10H,2-7,9H2,1H3,(H,13,14);2*1H2;. The molecule has 11 heteroatoms. The predicted octanol–water partition coefficient (Wildman–Crippen LogP) is 3.51. The van der Waals surface area contributed by atoms with Crippen molar-refractivity contribution in [2.24, 2.45) is 17.6 Å². The van der Waals surface area contributed by atoms with Crippen molar-refractivity contribution in [3.63, 3.8) is 0 Å². The van der Waals surface area contributed by atoms with Crippen molar-refractivity contribution in [2.45, 2.75) is 101 Å². The summed E-state index contributed by atoms with van der Waals surface area (Å²) in [7, 11) is -2.40. The molecule has 198 valence electrons. The number of carbonyl (C=O) groups is 2. The average molecular weight is 597 g/mol. The molecule has 8 nitrogen and oxygen atoms in total. The largest absolute Gasteiger partial charge is 0.481 e. The van der Waals surface area contributed by atoms with E-state index in [1.165, 1.54) is 62.7 Å². The smallest absolute Gasteiger partial charge is 0.304 e. The summed E-state index contributed by atoms with van der Waals surface area (Å²) in [5.41, 5.74) is 5.66. The number of carboxylic acid groups (broad SMARTS) is 2. The molecule has 0 aromatic carbocycles. The van der Waals surface area contributed by atoms with Crippen LogP contribution in [0, 0.1) is 23.2 Å². The Balaban J connectivity index is -0.000000500. The molecule has 0 bridgehead atoms. The predicted molar refractivity (Wildman–Crippen MR) is 133 cm³/mol. The van der Waals surface area contributed by atoms with Gasteiger partial charge in [-0.05, 0) is 18.5 Å². The number of nitrogens with zero attached hydrogens (tertiary/aromatic N) is 1. The maximum atomic E-state index is 10.7. The molecule has 2 aliphatic heterocycles. The van der Waals surface area contributed by atoms with E-state index >= 15 is 0 Å². The minimum absolute atomic E-state index is 0. The van der Waals surface area contributed by atoms with Crippen molar-refractivity contribution >= 4 is 28.1 Å². The van der Waals surface area contributed by atoms with E-state index in [9.17, 15) is 9.59 Å². The number of hydrogen-bond acceptors (Lipinski definition) is 4. The van der Waals surface area contributed by atoms with Gasteiger partial charge in [0.25, 0.3) is 0 Å². The maximum absolute atomic E-state index is 10.7. The Morgan fingerprint density at radius 1 is 0.848 bits per heavy atom. The van der Waals surface area contributed by atoms with Crippen LogP contribution in [0.25, 0.3) is 0 Å². The Morgan fingerprint density at radius 3 is 1.58 bits per heavy atom. The number of carboxylic acids is 2. The summed E-state index contributed by atoms with van der Waals surface area (Å²) in [5, 5.41) is 26.4. The fraction of sp³-hybridized carbons (Fsp3) is 0.864. The van der Waals surface area contributed by atoms with Gasteiger partial charge < -0.3 is 26.9 Å². The van der Waals surface area contributed by atoms with Crippen LogP contribution in [0.4, 0.5) is 0 Å². The summed E-state index contributed by atoms with van der Waals surface area (Å²) in [6, 6.07) is 9.49. The van der Waals surface area contributed by atoms with Gasteiger partial charge in [-0.2, -0.15) is 5.26 Å². The molecule has 0 spiro atoms. The van der Waals surface area contributed by atoms with Crippen molar-refractivity contribution in [2.75, 3.05) is 6.54 Å². The van der Waals surface area contributed by atoms with E-state index in [4.69, 9.17) is 21.2 Å². The van der Waals surface area contributed by atoms with Crippen molar-refractivity contribution < 1.29 is 51.2 Å². The van der Waals surface area contributed by atoms with Gasteiger partial charge in [-0.25, -0.2) is 0 Å². The summed E-state index contributed by atoms with van der Waals surface area (Å²) >= 11 is 0. The fourth-order valence-electron chi connectivity index (χ4n) is 5.37. The second kappa shape index (κ2) is 18.7. The molecule has 0 aromatic rings. The number of nitrogens with two attached hydrogens (primary N) is 1. The minimum atomic E-state index is -1.27. The van der Waals surface area contributed by atoms with Crippen LogP contribution in [0.2, 0.25) is 49.4 Å². The molecule has 8 N–H and O–H groups in total. The molecule has 2 saturated heterocycles. The van der Waals surface area contributed by atoms with Crippen LogP contribution in [0.1, 0.15) is 51.4 Å². The third-order valence-corrected chi connectivity index (χ3v) is 16.3. The Hall–Kier alpha value is -0.594. The zero-order valence-corrected chi connectivity index (χ0v) is 23.9. The molecule has 2 atom stereocenters. The number of rotatable bonds is 9. The van der Waals surface area contributed by atoms with Crippen molar-refractivity contribution in [3.05, 3.63) is 0 Å². The van der Waals surface area contributed by atoms with E-state index in [1.807, 2.05) is 0 Å². The molecule has 2 aliphatic rings. The topological polar surface area (TPSA) is 187 Å². The van der Waals surface area contributed by atoms with Gasteiger partial charge in [-0.15, -0.1) is 0 Å². The van der Waals surface area contributed by atoms with Crippen molar-refractivity contribution in [1.29, 1.82) is 5.26 Å². The van der Waals surface area contributed by atoms with Crippen LogP contribution < -0.4 is 5.73 Å². The molecule has 33 heavy (non-hydrogen) atoms. The third kappa shape index (κ3) is 15.8. The summed E-state index contributed by atoms with van der Waals surface area (Å²) in [6.07, 6.45) is 8.26. The second-order valence-electron chi connectivity index (χ2n) is 10.3. The van der Waals surface area contributed by atoms with Crippen LogP contribution in [0.15, 0.2) is 0 Å². The van der Waals surface area contributed by atoms with E-state index in [0.717, 1.165) is 12.1 Å². The van der Waals surface area contributed by atoms with E-state index in [2.05, 4.69) is 19.2 Å². The monoisotopic (exact) mass is 596 g/mol. The molecule has 2 unspecified atom stereocenters. The molecule has 0 aromatic heterocycles.